The predicted molar refractivity (Wildman–Crippen MR) is 83.9 cm³/mol. The minimum Gasteiger partial charge on any atom is -0.379 e. The molecule has 0 aromatic rings. The van der Waals surface area contributed by atoms with Crippen molar-refractivity contribution in [3.05, 3.63) is 23.9 Å². The van der Waals surface area contributed by atoms with Gasteiger partial charge in [0.2, 0.25) is 0 Å². The van der Waals surface area contributed by atoms with Crippen molar-refractivity contribution in [3.63, 3.8) is 0 Å². The Labute approximate surface area is 130 Å². The first kappa shape index (κ1) is 16.7. The Morgan fingerprint density at radius 3 is 2.95 bits per heavy atom. The summed E-state index contributed by atoms with van der Waals surface area (Å²) in [5, 5.41) is 2.81. The van der Waals surface area contributed by atoms with Crippen molar-refractivity contribution in [3.8, 4) is 0 Å². The van der Waals surface area contributed by atoms with Gasteiger partial charge in [0.15, 0.2) is 0 Å². The molecule has 0 saturated carbocycles. The Kier molecular flexibility index (Phi) is 5.36. The lowest BCUT2D eigenvalue weighted by atomic mass is 10.2. The first-order chi connectivity index (χ1) is 10.4. The van der Waals surface area contributed by atoms with Crippen LogP contribution in [-0.2, 0) is 19.6 Å². The normalized spacial score (nSPS) is 19.5. The minimum atomic E-state index is -3.37. The van der Waals surface area contributed by atoms with Gasteiger partial charge in [-0.25, -0.2) is 8.42 Å². The van der Waals surface area contributed by atoms with Crippen LogP contribution < -0.4 is 5.32 Å². The van der Waals surface area contributed by atoms with Crippen molar-refractivity contribution in [2.75, 3.05) is 25.4 Å². The van der Waals surface area contributed by atoms with Crippen molar-refractivity contribution in [1.29, 1.82) is 0 Å². The number of nitrogens with zero attached hydrogens (tertiary/aromatic N) is 2. The van der Waals surface area contributed by atoms with E-state index in [1.807, 2.05) is 13.8 Å². The molecule has 22 heavy (non-hydrogen) atoms. The minimum absolute atomic E-state index is 0.0394. The maximum Gasteiger partial charge on any atom is 0.256 e. The first-order valence-electron chi connectivity index (χ1n) is 7.26. The third kappa shape index (κ3) is 4.67. The lowest BCUT2D eigenvalue weighted by molar-refractivity contribution is -0.117. The second kappa shape index (κ2) is 7.06. The van der Waals surface area contributed by atoms with E-state index in [1.54, 1.807) is 23.3 Å². The summed E-state index contributed by atoms with van der Waals surface area (Å²) in [4.78, 5) is 13.7. The smallest absolute Gasteiger partial charge is 0.256 e. The zero-order chi connectivity index (χ0) is 16.2. The summed E-state index contributed by atoms with van der Waals surface area (Å²) in [5.74, 6) is 0.129. The zero-order valence-electron chi connectivity index (χ0n) is 12.8. The maximum absolute atomic E-state index is 12.0. The quantitative estimate of drug-likeness (QED) is 0.714. The molecule has 0 saturated heterocycles. The van der Waals surface area contributed by atoms with Crippen LogP contribution in [0.2, 0.25) is 0 Å². The molecule has 0 spiro atoms. The monoisotopic (exact) mass is 327 g/mol. The molecule has 0 aliphatic carbocycles. The van der Waals surface area contributed by atoms with Gasteiger partial charge in [0.05, 0.1) is 17.4 Å². The van der Waals surface area contributed by atoms with E-state index in [1.165, 1.54) is 0 Å². The molecule has 2 aliphatic rings. The number of amides is 1. The second-order valence-corrected chi connectivity index (χ2v) is 7.13. The molecule has 0 radical (unpaired) electrons. The zero-order valence-corrected chi connectivity index (χ0v) is 13.6. The summed E-state index contributed by atoms with van der Waals surface area (Å²) in [6, 6.07) is 0. The molecule has 8 heteroatoms. The lowest BCUT2D eigenvalue weighted by Crippen LogP contribution is -2.38. The molecule has 122 valence electrons. The summed E-state index contributed by atoms with van der Waals surface area (Å²) in [5.41, 5.74) is 0.489. The van der Waals surface area contributed by atoms with Gasteiger partial charge in [-0.2, -0.15) is 0 Å². The van der Waals surface area contributed by atoms with Crippen molar-refractivity contribution in [2.45, 2.75) is 26.4 Å². The van der Waals surface area contributed by atoms with Crippen molar-refractivity contribution < 1.29 is 17.9 Å². The van der Waals surface area contributed by atoms with E-state index in [4.69, 9.17) is 4.74 Å². The van der Waals surface area contributed by atoms with Crippen molar-refractivity contribution >= 4 is 21.8 Å². The fraction of sp³-hybridized carbons (Fsp3) is 0.571. The number of hydrogen-bond donors (Lipinski definition) is 1. The van der Waals surface area contributed by atoms with Crippen LogP contribution in [0.4, 0.5) is 0 Å². The Balaban J connectivity index is 1.85. The molecule has 1 N–H and O–H groups in total. The molecule has 0 aromatic carbocycles. The highest BCUT2D eigenvalue weighted by Gasteiger charge is 2.24. The van der Waals surface area contributed by atoms with Gasteiger partial charge < -0.3 is 15.0 Å². The number of fused-ring (bicyclic) bond motifs is 1. The highest BCUT2D eigenvalue weighted by molar-refractivity contribution is 7.90. The van der Waals surface area contributed by atoms with E-state index in [0.717, 1.165) is 6.42 Å². The number of amidine groups is 1. The van der Waals surface area contributed by atoms with Gasteiger partial charge in [-0.05, 0) is 32.4 Å². The molecule has 2 rings (SSSR count). The molecule has 2 heterocycles. The summed E-state index contributed by atoms with van der Waals surface area (Å²) in [7, 11) is -3.37. The van der Waals surface area contributed by atoms with Crippen molar-refractivity contribution in [2.24, 2.45) is 4.40 Å². The van der Waals surface area contributed by atoms with Crippen LogP contribution in [0.15, 0.2) is 28.3 Å². The highest BCUT2D eigenvalue weighted by Crippen LogP contribution is 2.15. The molecular weight excluding hydrogens is 306 g/mol. The molecule has 0 bridgehead atoms. The topological polar surface area (TPSA) is 88.1 Å². The van der Waals surface area contributed by atoms with Gasteiger partial charge in [0.25, 0.3) is 15.9 Å². The number of carbonyl (C=O) groups excluding carboxylic acids is 1. The van der Waals surface area contributed by atoms with Gasteiger partial charge in [-0.1, -0.05) is 0 Å². The Bertz CT molecular complexity index is 620. The number of hydrogen-bond acceptors (Lipinski definition) is 5. The van der Waals surface area contributed by atoms with E-state index >= 15 is 0 Å². The standard InChI is InChI=1S/C14H21N3O4S/c1-11(2)21-8-3-6-15-14(18)12-4-5-13-16-22(19,20)9-7-17(13)10-12/h4-5,10-11H,3,6-9H2,1-2H3,(H,15,18). The molecule has 0 unspecified atom stereocenters. The van der Waals surface area contributed by atoms with E-state index in [9.17, 15) is 13.2 Å². The average molecular weight is 327 g/mol. The van der Waals surface area contributed by atoms with Crippen LogP contribution in [0.25, 0.3) is 0 Å². The highest BCUT2D eigenvalue weighted by atomic mass is 32.2. The first-order valence-corrected chi connectivity index (χ1v) is 8.87. The predicted octanol–water partition coefficient (Wildman–Crippen LogP) is 0.415. The number of nitrogens with one attached hydrogen (secondary N) is 1. The van der Waals surface area contributed by atoms with Gasteiger partial charge in [0, 0.05) is 25.9 Å². The Hall–Kier alpha value is -1.67. The van der Waals surface area contributed by atoms with Gasteiger partial charge in [0.1, 0.15) is 5.84 Å². The van der Waals surface area contributed by atoms with Crippen LogP contribution in [0.1, 0.15) is 20.3 Å². The molecule has 0 aromatic heterocycles. The number of sulfonamides is 1. The fourth-order valence-electron chi connectivity index (χ4n) is 2.03. The SMILES string of the molecule is CC(C)OCCCNC(=O)C1=CN2CCS(=O)(=O)N=C2C=C1. The molecule has 1 amide bonds. The van der Waals surface area contributed by atoms with E-state index in [-0.39, 0.29) is 17.8 Å². The van der Waals surface area contributed by atoms with E-state index in [2.05, 4.69) is 9.71 Å². The van der Waals surface area contributed by atoms with E-state index in [0.29, 0.717) is 31.1 Å². The summed E-state index contributed by atoms with van der Waals surface area (Å²) >= 11 is 0. The van der Waals surface area contributed by atoms with Gasteiger partial charge in [-0.3, -0.25) is 4.79 Å². The van der Waals surface area contributed by atoms with Crippen LogP contribution in [0, 0.1) is 0 Å². The number of carbonyl (C=O) groups is 1. The Morgan fingerprint density at radius 2 is 2.23 bits per heavy atom. The molecular formula is C14H21N3O4S. The fourth-order valence-corrected chi connectivity index (χ4v) is 3.00. The van der Waals surface area contributed by atoms with Gasteiger partial charge >= 0.3 is 0 Å². The Morgan fingerprint density at radius 1 is 1.45 bits per heavy atom. The van der Waals surface area contributed by atoms with Crippen LogP contribution >= 0.6 is 0 Å². The largest absolute Gasteiger partial charge is 0.379 e. The van der Waals surface area contributed by atoms with Gasteiger partial charge in [-0.15, -0.1) is 4.40 Å². The molecule has 2 aliphatic heterocycles. The summed E-state index contributed by atoms with van der Waals surface area (Å²) < 4.78 is 31.9. The summed E-state index contributed by atoms with van der Waals surface area (Å²) in [6.45, 7) is 5.38. The number of ether oxygens (including phenoxy) is 1. The maximum atomic E-state index is 12.0. The molecule has 0 fully saturated rings. The molecule has 7 nitrogen and oxygen atoms in total. The van der Waals surface area contributed by atoms with Crippen molar-refractivity contribution in [1.82, 2.24) is 10.2 Å². The molecule has 0 atom stereocenters. The lowest BCUT2D eigenvalue weighted by Gasteiger charge is -2.26. The third-order valence-electron chi connectivity index (χ3n) is 3.14. The van der Waals surface area contributed by atoms with E-state index < -0.39 is 10.0 Å². The van der Waals surface area contributed by atoms with Crippen LogP contribution in [0.3, 0.4) is 0 Å². The second-order valence-electron chi connectivity index (χ2n) is 5.38. The van der Waals surface area contributed by atoms with Crippen LogP contribution in [0.5, 0.6) is 0 Å². The summed E-state index contributed by atoms with van der Waals surface area (Å²) in [6.07, 6.45) is 5.69. The van der Waals surface area contributed by atoms with Crippen LogP contribution in [-0.4, -0.2) is 56.6 Å². The number of rotatable bonds is 6. The average Bonchev–Trinajstić information content (AvgIpc) is 2.45. The third-order valence-corrected chi connectivity index (χ3v) is 4.31.